The van der Waals surface area contributed by atoms with Crippen molar-refractivity contribution in [2.45, 2.75) is 91.1 Å². The minimum Gasteiger partial charge on any atom is -0.465 e. The van der Waals surface area contributed by atoms with Gasteiger partial charge in [0.25, 0.3) is 5.91 Å². The number of benzene rings is 1. The van der Waals surface area contributed by atoms with Crippen LogP contribution in [0.1, 0.15) is 89.4 Å². The van der Waals surface area contributed by atoms with Crippen LogP contribution in [0.15, 0.2) is 12.1 Å². The molecule has 1 aliphatic rings. The predicted octanol–water partition coefficient (Wildman–Crippen LogP) is 4.60. The van der Waals surface area contributed by atoms with Gasteiger partial charge in [0.05, 0.1) is 23.5 Å². The standard InChI is InChI=1S/C29H45FN4O5/c1-6-12-23(7-2)34(20-35)27-18-26(31-22-13-10-9-11-14-22)25(30)17-24(27)29(38)32(5)15-16-33(21(4)36)19-28(37)39-8-3/h17-18,20,22-23,31H,6-16,19H2,1-5H3. The SMILES string of the molecule is CCCC(CC)N(C=O)c1cc(NC2CCCCC2)c(F)cc1C(=O)N(C)CCN(CC(=O)OCC)C(C)=O. The topological polar surface area (TPSA) is 99.3 Å². The lowest BCUT2D eigenvalue weighted by Crippen LogP contribution is -2.42. The Morgan fingerprint density at radius 1 is 1.13 bits per heavy atom. The summed E-state index contributed by atoms with van der Waals surface area (Å²) >= 11 is 0. The number of anilines is 2. The van der Waals surface area contributed by atoms with E-state index in [0.717, 1.165) is 44.9 Å². The van der Waals surface area contributed by atoms with Gasteiger partial charge in [-0.05, 0) is 44.7 Å². The molecule has 218 valence electrons. The zero-order chi connectivity index (χ0) is 28.9. The highest BCUT2D eigenvalue weighted by molar-refractivity contribution is 6.02. The minimum absolute atomic E-state index is 0.0746. The molecule has 0 spiro atoms. The van der Waals surface area contributed by atoms with Gasteiger partial charge >= 0.3 is 5.97 Å². The number of hydrogen-bond donors (Lipinski definition) is 1. The predicted molar refractivity (Wildman–Crippen MR) is 150 cm³/mol. The van der Waals surface area contributed by atoms with E-state index in [4.69, 9.17) is 4.74 Å². The monoisotopic (exact) mass is 548 g/mol. The van der Waals surface area contributed by atoms with Gasteiger partial charge in [-0.3, -0.25) is 19.2 Å². The van der Waals surface area contributed by atoms with Crippen molar-refractivity contribution >= 4 is 35.6 Å². The highest BCUT2D eigenvalue weighted by Crippen LogP contribution is 2.32. The maximum Gasteiger partial charge on any atom is 0.325 e. The summed E-state index contributed by atoms with van der Waals surface area (Å²) in [6.45, 7) is 7.22. The number of carbonyl (C=O) groups is 4. The lowest BCUT2D eigenvalue weighted by Gasteiger charge is -2.31. The first-order chi connectivity index (χ1) is 18.7. The molecule has 1 atom stereocenters. The Hall–Kier alpha value is -3.17. The zero-order valence-corrected chi connectivity index (χ0v) is 24.1. The van der Waals surface area contributed by atoms with Gasteiger partial charge in [0.2, 0.25) is 12.3 Å². The second kappa shape index (κ2) is 16.1. The fourth-order valence-corrected chi connectivity index (χ4v) is 5.03. The zero-order valence-electron chi connectivity index (χ0n) is 24.1. The molecule has 1 fully saturated rings. The van der Waals surface area contributed by atoms with Crippen molar-refractivity contribution in [3.8, 4) is 0 Å². The van der Waals surface area contributed by atoms with Gasteiger partial charge < -0.3 is 24.8 Å². The normalized spacial score (nSPS) is 14.3. The van der Waals surface area contributed by atoms with Gasteiger partial charge in [0.1, 0.15) is 12.4 Å². The third-order valence-electron chi connectivity index (χ3n) is 7.28. The van der Waals surface area contributed by atoms with Crippen LogP contribution in [-0.2, 0) is 19.1 Å². The molecule has 0 aliphatic heterocycles. The Balaban J connectivity index is 2.37. The number of carbonyl (C=O) groups excluding carboxylic acids is 4. The second-order valence-corrected chi connectivity index (χ2v) is 10.2. The number of hydrogen-bond acceptors (Lipinski definition) is 6. The number of esters is 1. The van der Waals surface area contributed by atoms with Crippen LogP contribution in [0.5, 0.6) is 0 Å². The fourth-order valence-electron chi connectivity index (χ4n) is 5.03. The van der Waals surface area contributed by atoms with Gasteiger partial charge in [-0.2, -0.15) is 0 Å². The molecule has 1 aromatic rings. The van der Waals surface area contributed by atoms with Crippen LogP contribution in [0.4, 0.5) is 15.8 Å². The lowest BCUT2D eigenvalue weighted by atomic mass is 9.95. The summed E-state index contributed by atoms with van der Waals surface area (Å²) in [6, 6.07) is 2.79. The van der Waals surface area contributed by atoms with E-state index in [1.54, 1.807) is 24.9 Å². The molecule has 0 heterocycles. The first-order valence-electron chi connectivity index (χ1n) is 14.2. The summed E-state index contributed by atoms with van der Waals surface area (Å²) in [4.78, 5) is 54.1. The molecule has 10 heteroatoms. The fraction of sp³-hybridized carbons (Fsp3) is 0.655. The maximum atomic E-state index is 15.4. The summed E-state index contributed by atoms with van der Waals surface area (Å²) in [5, 5.41) is 3.30. The summed E-state index contributed by atoms with van der Waals surface area (Å²) < 4.78 is 20.3. The van der Waals surface area contributed by atoms with Gasteiger partial charge in [-0.15, -0.1) is 0 Å². The molecule has 1 N–H and O–H groups in total. The van der Waals surface area contributed by atoms with Crippen LogP contribution >= 0.6 is 0 Å². The van der Waals surface area contributed by atoms with E-state index in [9.17, 15) is 19.2 Å². The summed E-state index contributed by atoms with van der Waals surface area (Å²) in [5.74, 6) is -1.89. The lowest BCUT2D eigenvalue weighted by molar-refractivity contribution is -0.148. The maximum absolute atomic E-state index is 15.4. The Morgan fingerprint density at radius 2 is 1.82 bits per heavy atom. The Bertz CT molecular complexity index is 983. The number of likely N-dealkylation sites (N-methyl/N-ethyl adjacent to an activating group) is 1. The van der Waals surface area contributed by atoms with E-state index in [0.29, 0.717) is 12.1 Å². The van der Waals surface area contributed by atoms with E-state index in [-0.39, 0.29) is 55.5 Å². The quantitative estimate of drug-likeness (QED) is 0.254. The van der Waals surface area contributed by atoms with Crippen molar-refractivity contribution in [2.24, 2.45) is 0 Å². The third-order valence-corrected chi connectivity index (χ3v) is 7.28. The molecular weight excluding hydrogens is 503 g/mol. The second-order valence-electron chi connectivity index (χ2n) is 10.2. The first kappa shape index (κ1) is 32.0. The number of nitrogens with one attached hydrogen (secondary N) is 1. The first-order valence-corrected chi connectivity index (χ1v) is 14.2. The molecule has 0 saturated heterocycles. The van der Waals surface area contributed by atoms with Crippen LogP contribution in [0.2, 0.25) is 0 Å². The van der Waals surface area contributed by atoms with Crippen molar-refractivity contribution in [3.05, 3.63) is 23.5 Å². The summed E-state index contributed by atoms with van der Waals surface area (Å²) in [5.41, 5.74) is 0.717. The van der Waals surface area contributed by atoms with Crippen LogP contribution in [0.25, 0.3) is 0 Å². The van der Waals surface area contributed by atoms with E-state index >= 15 is 4.39 Å². The van der Waals surface area contributed by atoms with Crippen molar-refractivity contribution in [2.75, 3.05) is 43.5 Å². The van der Waals surface area contributed by atoms with Gasteiger partial charge in [0.15, 0.2) is 0 Å². The van der Waals surface area contributed by atoms with Crippen molar-refractivity contribution in [3.63, 3.8) is 0 Å². The van der Waals surface area contributed by atoms with E-state index < -0.39 is 17.7 Å². The average molecular weight is 549 g/mol. The minimum atomic E-state index is -0.553. The van der Waals surface area contributed by atoms with Crippen molar-refractivity contribution < 1.29 is 28.3 Å². The molecule has 1 aromatic carbocycles. The van der Waals surface area contributed by atoms with Crippen LogP contribution in [0, 0.1) is 5.82 Å². The molecule has 1 unspecified atom stereocenters. The number of amides is 3. The van der Waals surface area contributed by atoms with Gasteiger partial charge in [0, 0.05) is 39.1 Å². The van der Waals surface area contributed by atoms with E-state index in [2.05, 4.69) is 5.32 Å². The van der Waals surface area contributed by atoms with Crippen molar-refractivity contribution in [1.29, 1.82) is 0 Å². The average Bonchev–Trinajstić information content (AvgIpc) is 2.92. The van der Waals surface area contributed by atoms with E-state index in [1.165, 1.54) is 29.2 Å². The molecule has 2 rings (SSSR count). The number of ether oxygens (including phenoxy) is 1. The molecule has 39 heavy (non-hydrogen) atoms. The molecule has 9 nitrogen and oxygen atoms in total. The highest BCUT2D eigenvalue weighted by atomic mass is 19.1. The Labute approximate surface area is 232 Å². The van der Waals surface area contributed by atoms with Crippen LogP contribution in [-0.4, -0.2) is 79.4 Å². The van der Waals surface area contributed by atoms with Crippen LogP contribution < -0.4 is 10.2 Å². The smallest absolute Gasteiger partial charge is 0.325 e. The molecule has 1 saturated carbocycles. The van der Waals surface area contributed by atoms with Gasteiger partial charge in [-0.1, -0.05) is 39.5 Å². The Morgan fingerprint density at radius 3 is 2.38 bits per heavy atom. The number of rotatable bonds is 15. The molecule has 0 bridgehead atoms. The van der Waals surface area contributed by atoms with E-state index in [1.807, 2.05) is 13.8 Å². The third kappa shape index (κ3) is 9.21. The number of nitrogens with zero attached hydrogens (tertiary/aromatic N) is 3. The molecule has 3 amide bonds. The molecular formula is C29H45FN4O5. The highest BCUT2D eigenvalue weighted by Gasteiger charge is 2.27. The van der Waals surface area contributed by atoms with Crippen molar-refractivity contribution in [1.82, 2.24) is 9.80 Å². The molecule has 0 aromatic heterocycles. The summed E-state index contributed by atoms with van der Waals surface area (Å²) in [6.07, 6.45) is 8.20. The summed E-state index contributed by atoms with van der Waals surface area (Å²) in [7, 11) is 1.55. The van der Waals surface area contributed by atoms with Crippen LogP contribution in [0.3, 0.4) is 0 Å². The molecule has 1 aliphatic carbocycles. The largest absolute Gasteiger partial charge is 0.465 e. The molecule has 0 radical (unpaired) electrons. The number of halogens is 1. The van der Waals surface area contributed by atoms with Gasteiger partial charge in [-0.25, -0.2) is 4.39 Å². The Kier molecular flexibility index (Phi) is 13.2.